The minimum atomic E-state index is -0.298. The van der Waals surface area contributed by atoms with E-state index in [1.165, 1.54) is 23.9 Å². The summed E-state index contributed by atoms with van der Waals surface area (Å²) in [6.07, 6.45) is 3.71. The first-order valence-corrected chi connectivity index (χ1v) is 9.67. The van der Waals surface area contributed by atoms with Crippen LogP contribution in [0.5, 0.6) is 0 Å². The molecule has 0 aliphatic heterocycles. The van der Waals surface area contributed by atoms with Crippen molar-refractivity contribution in [3.8, 4) is 0 Å². The Morgan fingerprint density at radius 3 is 2.81 bits per heavy atom. The molecule has 0 saturated heterocycles. The summed E-state index contributed by atoms with van der Waals surface area (Å²) in [7, 11) is 0. The van der Waals surface area contributed by atoms with Crippen LogP contribution in [0.2, 0.25) is 0 Å². The van der Waals surface area contributed by atoms with Crippen LogP contribution in [0.3, 0.4) is 0 Å². The lowest BCUT2D eigenvalue weighted by Crippen LogP contribution is -2.22. The van der Waals surface area contributed by atoms with Gasteiger partial charge in [-0.15, -0.1) is 0 Å². The Morgan fingerprint density at radius 2 is 2.04 bits per heavy atom. The van der Waals surface area contributed by atoms with Crippen molar-refractivity contribution in [1.29, 1.82) is 0 Å². The van der Waals surface area contributed by atoms with E-state index in [9.17, 15) is 14.0 Å². The van der Waals surface area contributed by atoms with Gasteiger partial charge in [-0.25, -0.2) is 9.37 Å². The van der Waals surface area contributed by atoms with Crippen LogP contribution in [0.15, 0.2) is 46.4 Å². The summed E-state index contributed by atoms with van der Waals surface area (Å²) in [5.41, 5.74) is 3.48. The Labute approximate surface area is 155 Å². The van der Waals surface area contributed by atoms with Gasteiger partial charge < -0.3 is 4.98 Å². The van der Waals surface area contributed by atoms with Crippen molar-refractivity contribution in [3.63, 3.8) is 0 Å². The fraction of sp³-hybridized carbons (Fsp3) is 0.350. The van der Waals surface area contributed by atoms with Crippen LogP contribution in [0, 0.1) is 5.82 Å². The molecule has 2 aromatic rings. The third-order valence-corrected chi connectivity index (χ3v) is 5.34. The molecule has 1 aromatic carbocycles. The molecule has 136 valence electrons. The van der Waals surface area contributed by atoms with Crippen LogP contribution in [0.1, 0.15) is 36.1 Å². The minimum absolute atomic E-state index is 0.0580. The Hall–Kier alpha value is -2.21. The Balaban J connectivity index is 1.47. The van der Waals surface area contributed by atoms with Crippen molar-refractivity contribution in [2.45, 2.75) is 43.7 Å². The smallest absolute Gasteiger partial charge is 0.255 e. The van der Waals surface area contributed by atoms with Crippen molar-refractivity contribution >= 4 is 17.5 Å². The SMILES string of the molecule is C=C1CCc2c(nc(SCCCC(=O)Cc3ccc(F)cc3)[nH]c2=O)C1. The molecular formula is C20H21FN2O2S. The van der Waals surface area contributed by atoms with E-state index in [4.69, 9.17) is 0 Å². The third-order valence-electron chi connectivity index (χ3n) is 4.38. The molecule has 0 bridgehead atoms. The summed E-state index contributed by atoms with van der Waals surface area (Å²) < 4.78 is 12.9. The third kappa shape index (κ3) is 4.91. The van der Waals surface area contributed by atoms with Gasteiger partial charge in [0.2, 0.25) is 0 Å². The first-order chi connectivity index (χ1) is 12.5. The first kappa shape index (κ1) is 18.6. The summed E-state index contributed by atoms with van der Waals surface area (Å²) in [4.78, 5) is 31.5. The summed E-state index contributed by atoms with van der Waals surface area (Å²) in [6.45, 7) is 3.99. The molecule has 0 saturated carbocycles. The first-order valence-electron chi connectivity index (χ1n) is 8.69. The van der Waals surface area contributed by atoms with Crippen molar-refractivity contribution in [2.75, 3.05) is 5.75 Å². The molecule has 26 heavy (non-hydrogen) atoms. The van der Waals surface area contributed by atoms with Crippen molar-refractivity contribution < 1.29 is 9.18 Å². The number of ketones is 1. The van der Waals surface area contributed by atoms with Crippen LogP contribution in [-0.4, -0.2) is 21.5 Å². The van der Waals surface area contributed by atoms with Crippen molar-refractivity contribution in [3.05, 3.63) is 69.4 Å². The van der Waals surface area contributed by atoms with Gasteiger partial charge in [0.15, 0.2) is 5.16 Å². The number of benzene rings is 1. The molecule has 0 atom stereocenters. The second-order valence-electron chi connectivity index (χ2n) is 6.52. The largest absolute Gasteiger partial charge is 0.301 e. The molecule has 1 heterocycles. The highest BCUT2D eigenvalue weighted by atomic mass is 32.2. The van der Waals surface area contributed by atoms with Gasteiger partial charge in [0.1, 0.15) is 11.6 Å². The predicted molar refractivity (Wildman–Crippen MR) is 101 cm³/mol. The number of halogens is 1. The zero-order valence-corrected chi connectivity index (χ0v) is 15.3. The summed E-state index contributed by atoms with van der Waals surface area (Å²) >= 11 is 1.46. The normalized spacial score (nSPS) is 13.5. The molecule has 0 fully saturated rings. The zero-order valence-electron chi connectivity index (χ0n) is 14.5. The Kier molecular flexibility index (Phi) is 6.04. The van der Waals surface area contributed by atoms with E-state index in [-0.39, 0.29) is 17.2 Å². The number of nitrogens with one attached hydrogen (secondary N) is 1. The maximum absolute atomic E-state index is 12.9. The zero-order chi connectivity index (χ0) is 18.5. The number of thioether (sulfide) groups is 1. The highest BCUT2D eigenvalue weighted by Crippen LogP contribution is 2.22. The number of rotatable bonds is 7. The molecule has 6 heteroatoms. The van der Waals surface area contributed by atoms with Gasteiger partial charge in [0, 0.05) is 30.6 Å². The molecule has 1 N–H and O–H groups in total. The van der Waals surface area contributed by atoms with Crippen LogP contribution < -0.4 is 5.56 Å². The van der Waals surface area contributed by atoms with Crippen LogP contribution >= 0.6 is 11.8 Å². The molecular weight excluding hydrogens is 351 g/mol. The number of hydrogen-bond donors (Lipinski definition) is 1. The highest BCUT2D eigenvalue weighted by molar-refractivity contribution is 7.99. The van der Waals surface area contributed by atoms with Gasteiger partial charge in [-0.2, -0.15) is 0 Å². The average Bonchev–Trinajstić information content (AvgIpc) is 2.60. The van der Waals surface area contributed by atoms with Gasteiger partial charge in [0.25, 0.3) is 5.56 Å². The van der Waals surface area contributed by atoms with E-state index < -0.39 is 0 Å². The number of aromatic amines is 1. The number of hydrogen-bond acceptors (Lipinski definition) is 4. The predicted octanol–water partition coefficient (Wildman–Crippen LogP) is 3.64. The standard InChI is InChI=1S/C20H21FN2O2S/c1-13-4-9-17-18(11-13)22-20(23-19(17)25)26-10-2-3-16(24)12-14-5-7-15(21)8-6-14/h5-8H,1-4,9-12H2,(H,22,23,25). The number of fused-ring (bicyclic) bond motifs is 1. The van der Waals surface area contributed by atoms with Crippen molar-refractivity contribution in [1.82, 2.24) is 9.97 Å². The second-order valence-corrected chi connectivity index (χ2v) is 7.60. The van der Waals surface area contributed by atoms with Crippen LogP contribution in [-0.2, 0) is 24.1 Å². The number of carbonyl (C=O) groups excluding carboxylic acids is 1. The summed E-state index contributed by atoms with van der Waals surface area (Å²) in [6, 6.07) is 6.01. The van der Waals surface area contributed by atoms with E-state index >= 15 is 0 Å². The van der Waals surface area contributed by atoms with E-state index in [1.807, 2.05) is 0 Å². The Morgan fingerprint density at radius 1 is 1.27 bits per heavy atom. The number of carbonyl (C=O) groups is 1. The van der Waals surface area contributed by atoms with Crippen molar-refractivity contribution in [2.24, 2.45) is 0 Å². The van der Waals surface area contributed by atoms with Gasteiger partial charge >= 0.3 is 0 Å². The molecule has 0 radical (unpaired) electrons. The lowest BCUT2D eigenvalue weighted by Gasteiger charge is -2.16. The molecule has 1 aliphatic carbocycles. The number of Topliss-reactive ketones (excluding diaryl/α,β-unsaturated/α-hetero) is 1. The van der Waals surface area contributed by atoms with E-state index in [1.54, 1.807) is 12.1 Å². The monoisotopic (exact) mass is 372 g/mol. The summed E-state index contributed by atoms with van der Waals surface area (Å²) in [5.74, 6) is 0.533. The fourth-order valence-electron chi connectivity index (χ4n) is 2.98. The molecule has 1 aromatic heterocycles. The van der Waals surface area contributed by atoms with E-state index in [0.717, 1.165) is 28.8 Å². The molecule has 1 aliphatic rings. The minimum Gasteiger partial charge on any atom is -0.301 e. The summed E-state index contributed by atoms with van der Waals surface area (Å²) in [5, 5.41) is 0.606. The van der Waals surface area contributed by atoms with E-state index in [2.05, 4.69) is 16.5 Å². The molecule has 0 spiro atoms. The maximum atomic E-state index is 12.9. The van der Waals surface area contributed by atoms with Gasteiger partial charge in [-0.3, -0.25) is 9.59 Å². The number of nitrogens with zero attached hydrogens (tertiary/aromatic N) is 1. The maximum Gasteiger partial charge on any atom is 0.255 e. The van der Waals surface area contributed by atoms with Gasteiger partial charge in [0.05, 0.1) is 5.69 Å². The molecule has 0 unspecified atom stereocenters. The highest BCUT2D eigenvalue weighted by Gasteiger charge is 2.17. The van der Waals surface area contributed by atoms with Gasteiger partial charge in [-0.05, 0) is 37.0 Å². The number of aromatic nitrogens is 2. The molecule has 4 nitrogen and oxygen atoms in total. The lowest BCUT2D eigenvalue weighted by atomic mass is 9.94. The second kappa shape index (κ2) is 8.45. The molecule has 0 amide bonds. The van der Waals surface area contributed by atoms with Gasteiger partial charge in [-0.1, -0.05) is 36.0 Å². The van der Waals surface area contributed by atoms with Crippen LogP contribution in [0.25, 0.3) is 0 Å². The Bertz CT molecular complexity index is 874. The topological polar surface area (TPSA) is 62.8 Å². The number of allylic oxidation sites excluding steroid dienone is 1. The quantitative estimate of drug-likeness (QED) is 0.349. The lowest BCUT2D eigenvalue weighted by molar-refractivity contribution is -0.118. The average molecular weight is 372 g/mol. The molecule has 3 rings (SSSR count). The van der Waals surface area contributed by atoms with Crippen LogP contribution in [0.4, 0.5) is 4.39 Å². The number of H-pyrrole nitrogens is 1. The fourth-order valence-corrected chi connectivity index (χ4v) is 3.80. The van der Waals surface area contributed by atoms with E-state index in [0.29, 0.717) is 43.0 Å².